The second kappa shape index (κ2) is 7.21. The fourth-order valence-corrected chi connectivity index (χ4v) is 3.53. The Morgan fingerprint density at radius 2 is 2.00 bits per heavy atom. The van der Waals surface area contributed by atoms with Crippen molar-refractivity contribution in [2.45, 2.75) is 51.6 Å². The number of anilines is 1. The molecule has 1 aromatic rings. The van der Waals surface area contributed by atoms with E-state index in [4.69, 9.17) is 4.74 Å². The molecule has 0 unspecified atom stereocenters. The van der Waals surface area contributed by atoms with Gasteiger partial charge in [0.15, 0.2) is 0 Å². The average Bonchev–Trinajstić information content (AvgIpc) is 2.59. The zero-order chi connectivity index (χ0) is 18.0. The molecule has 7 heteroatoms. The maximum absolute atomic E-state index is 12.3. The van der Waals surface area contributed by atoms with E-state index in [2.05, 4.69) is 6.92 Å². The molecule has 134 valence electrons. The highest BCUT2D eigenvalue weighted by atomic mass is 16.6. The number of non-ortho nitro benzene ring substituents is 1. The number of carbonyl (C=O) groups excluding carboxylic acids is 2. The predicted molar refractivity (Wildman–Crippen MR) is 91.3 cm³/mol. The minimum atomic E-state index is -0.459. The van der Waals surface area contributed by atoms with E-state index in [1.165, 1.54) is 17.0 Å². The zero-order valence-electron chi connectivity index (χ0n) is 14.3. The van der Waals surface area contributed by atoms with E-state index in [0.29, 0.717) is 23.6 Å². The van der Waals surface area contributed by atoms with Crippen molar-refractivity contribution in [1.82, 2.24) is 0 Å². The molecule has 3 rings (SSSR count). The van der Waals surface area contributed by atoms with Crippen molar-refractivity contribution in [1.29, 1.82) is 0 Å². The Morgan fingerprint density at radius 1 is 1.28 bits per heavy atom. The summed E-state index contributed by atoms with van der Waals surface area (Å²) in [5.74, 6) is 0.0935. The third-order valence-electron chi connectivity index (χ3n) is 5.02. The number of nitro groups is 1. The lowest BCUT2D eigenvalue weighted by molar-refractivity contribution is -0.384. The van der Waals surface area contributed by atoms with Gasteiger partial charge < -0.3 is 9.64 Å². The van der Waals surface area contributed by atoms with Gasteiger partial charge >= 0.3 is 5.97 Å². The van der Waals surface area contributed by atoms with Gasteiger partial charge in [0, 0.05) is 24.2 Å². The lowest BCUT2D eigenvalue weighted by atomic mass is 9.89. The lowest BCUT2D eigenvalue weighted by Crippen LogP contribution is -2.40. The molecule has 25 heavy (non-hydrogen) atoms. The smallest absolute Gasteiger partial charge is 0.326 e. The number of esters is 1. The van der Waals surface area contributed by atoms with Crippen molar-refractivity contribution in [3.05, 3.63) is 33.9 Å². The van der Waals surface area contributed by atoms with Crippen molar-refractivity contribution >= 4 is 23.3 Å². The number of amides is 1. The number of benzene rings is 1. The van der Waals surface area contributed by atoms with Gasteiger partial charge in [-0.3, -0.25) is 19.7 Å². The molecule has 7 nitrogen and oxygen atoms in total. The minimum absolute atomic E-state index is 0.00745. The molecule has 1 aliphatic heterocycles. The van der Waals surface area contributed by atoms with Crippen LogP contribution in [0, 0.1) is 16.0 Å². The average molecular weight is 346 g/mol. The van der Waals surface area contributed by atoms with Crippen molar-refractivity contribution < 1.29 is 19.2 Å². The molecular weight excluding hydrogens is 324 g/mol. The Balaban J connectivity index is 1.69. The van der Waals surface area contributed by atoms with Crippen LogP contribution in [0.4, 0.5) is 11.4 Å². The molecule has 1 aliphatic carbocycles. The number of rotatable bonds is 4. The summed E-state index contributed by atoms with van der Waals surface area (Å²) in [7, 11) is 0. The van der Waals surface area contributed by atoms with Crippen LogP contribution in [0.15, 0.2) is 18.2 Å². The highest BCUT2D eigenvalue weighted by Crippen LogP contribution is 2.31. The number of nitrogens with zero attached hydrogens (tertiary/aromatic N) is 2. The number of hydrogen-bond acceptors (Lipinski definition) is 5. The van der Waals surface area contributed by atoms with E-state index in [1.54, 1.807) is 6.07 Å². The molecule has 1 amide bonds. The summed E-state index contributed by atoms with van der Waals surface area (Å²) in [5.41, 5.74) is 1.27. The van der Waals surface area contributed by atoms with Crippen LogP contribution in [0.1, 0.15) is 44.6 Å². The van der Waals surface area contributed by atoms with Crippen molar-refractivity contribution in [2.24, 2.45) is 5.92 Å². The number of fused-ring (bicyclic) bond motifs is 1. The number of ether oxygens (including phenoxy) is 1. The first-order valence-electron chi connectivity index (χ1n) is 8.71. The highest BCUT2D eigenvalue weighted by Gasteiger charge is 2.29. The molecular formula is C18H22N2O5. The molecule has 0 spiro atoms. The molecule has 1 fully saturated rings. The van der Waals surface area contributed by atoms with Crippen LogP contribution in [-0.2, 0) is 20.7 Å². The number of aryl methyl sites for hydroxylation is 1. The Kier molecular flexibility index (Phi) is 5.01. The topological polar surface area (TPSA) is 89.8 Å². The van der Waals surface area contributed by atoms with Gasteiger partial charge in [-0.25, -0.2) is 0 Å². The Morgan fingerprint density at radius 3 is 2.68 bits per heavy atom. The minimum Gasteiger partial charge on any atom is -0.461 e. The van der Waals surface area contributed by atoms with Gasteiger partial charge in [-0.15, -0.1) is 0 Å². The Bertz CT molecular complexity index is 695. The van der Waals surface area contributed by atoms with E-state index in [-0.39, 0.29) is 30.7 Å². The van der Waals surface area contributed by atoms with Crippen LogP contribution < -0.4 is 4.90 Å². The number of nitro benzene ring substituents is 1. The monoisotopic (exact) mass is 346 g/mol. The van der Waals surface area contributed by atoms with Gasteiger partial charge in [0.2, 0.25) is 5.91 Å². The van der Waals surface area contributed by atoms with Gasteiger partial charge in [-0.1, -0.05) is 6.92 Å². The molecule has 1 heterocycles. The van der Waals surface area contributed by atoms with E-state index in [0.717, 1.165) is 25.7 Å². The molecule has 0 bridgehead atoms. The molecule has 0 atom stereocenters. The summed E-state index contributed by atoms with van der Waals surface area (Å²) in [5, 5.41) is 10.9. The van der Waals surface area contributed by atoms with Gasteiger partial charge in [-0.2, -0.15) is 0 Å². The van der Waals surface area contributed by atoms with Crippen LogP contribution in [0.2, 0.25) is 0 Å². The Labute approximate surface area is 146 Å². The highest BCUT2D eigenvalue weighted by molar-refractivity contribution is 6.00. The van der Waals surface area contributed by atoms with Crippen molar-refractivity contribution in [3.8, 4) is 0 Å². The summed E-state index contributed by atoms with van der Waals surface area (Å²) >= 11 is 0. The van der Waals surface area contributed by atoms with Gasteiger partial charge in [0.1, 0.15) is 12.6 Å². The summed E-state index contributed by atoms with van der Waals surface area (Å²) in [6.45, 7) is 2.05. The predicted octanol–water partition coefficient (Wildman–Crippen LogP) is 3.00. The van der Waals surface area contributed by atoms with Crippen LogP contribution >= 0.6 is 0 Å². The maximum atomic E-state index is 12.3. The fourth-order valence-electron chi connectivity index (χ4n) is 3.53. The third-order valence-corrected chi connectivity index (χ3v) is 5.02. The van der Waals surface area contributed by atoms with Crippen LogP contribution in [0.25, 0.3) is 0 Å². The standard InChI is InChI=1S/C18H22N2O5/c1-12-2-6-15(7-3-12)25-18(22)11-19-16-8-5-14(20(23)24)10-13(16)4-9-17(19)21/h5,8,10,12,15H,2-4,6-7,9,11H2,1H3. The quantitative estimate of drug-likeness (QED) is 0.475. The molecule has 0 N–H and O–H groups in total. The molecule has 0 radical (unpaired) electrons. The largest absolute Gasteiger partial charge is 0.461 e. The van der Waals surface area contributed by atoms with Gasteiger partial charge in [-0.05, 0) is 49.7 Å². The molecule has 1 aromatic carbocycles. The van der Waals surface area contributed by atoms with E-state index < -0.39 is 10.9 Å². The first-order chi connectivity index (χ1) is 11.9. The molecule has 0 aromatic heterocycles. The maximum Gasteiger partial charge on any atom is 0.326 e. The lowest BCUT2D eigenvalue weighted by Gasteiger charge is -2.30. The second-order valence-corrected chi connectivity index (χ2v) is 6.92. The zero-order valence-corrected chi connectivity index (χ0v) is 14.3. The first-order valence-corrected chi connectivity index (χ1v) is 8.71. The van der Waals surface area contributed by atoms with Gasteiger partial charge in [0.05, 0.1) is 4.92 Å². The third kappa shape index (κ3) is 3.97. The van der Waals surface area contributed by atoms with Gasteiger partial charge in [0.25, 0.3) is 5.69 Å². The summed E-state index contributed by atoms with van der Waals surface area (Å²) in [6, 6.07) is 4.38. The van der Waals surface area contributed by atoms with E-state index in [1.807, 2.05) is 0 Å². The normalized spacial score (nSPS) is 23.1. The number of carbonyl (C=O) groups is 2. The molecule has 2 aliphatic rings. The number of hydrogen-bond donors (Lipinski definition) is 0. The van der Waals surface area contributed by atoms with Crippen molar-refractivity contribution in [2.75, 3.05) is 11.4 Å². The van der Waals surface area contributed by atoms with Crippen LogP contribution in [0.3, 0.4) is 0 Å². The van der Waals surface area contributed by atoms with E-state index >= 15 is 0 Å². The van der Waals surface area contributed by atoms with Crippen LogP contribution in [-0.4, -0.2) is 29.4 Å². The Hall–Kier alpha value is -2.44. The van der Waals surface area contributed by atoms with Crippen LogP contribution in [0.5, 0.6) is 0 Å². The SMILES string of the molecule is CC1CCC(OC(=O)CN2C(=O)CCc3cc([N+](=O)[O-])ccc32)CC1. The molecule has 1 saturated carbocycles. The fraction of sp³-hybridized carbons (Fsp3) is 0.556. The summed E-state index contributed by atoms with van der Waals surface area (Å²) in [4.78, 5) is 36.3. The summed E-state index contributed by atoms with van der Waals surface area (Å²) in [6.07, 6.45) is 4.44. The molecule has 0 saturated heterocycles. The van der Waals surface area contributed by atoms with E-state index in [9.17, 15) is 19.7 Å². The first kappa shape index (κ1) is 17.4. The summed E-state index contributed by atoms with van der Waals surface area (Å²) < 4.78 is 5.53. The second-order valence-electron chi connectivity index (χ2n) is 6.92. The van der Waals surface area contributed by atoms with Crippen molar-refractivity contribution in [3.63, 3.8) is 0 Å².